The molecule has 0 radical (unpaired) electrons. The molecule has 0 aliphatic carbocycles. The standard InChI is InChI=1S/C42H76O6/c1-4-7-10-13-16-19-21-24-26-29-32-35-41(44)47-38-39(37-46-40(43)34-31-28-25-22-18-15-12-9-6-3)48-42(45)36-33-30-27-23-20-17-14-11-8-5-2/h9,12,18,22,39H,4-8,10-11,13-17,19-21,23-38H2,1-3H3/b12-9-,22-18-. The number of hydrogen-bond donors (Lipinski definition) is 0. The number of hydrogen-bond acceptors (Lipinski definition) is 6. The van der Waals surface area contributed by atoms with Crippen LogP contribution in [0.25, 0.3) is 0 Å². The Morgan fingerprint density at radius 3 is 1.25 bits per heavy atom. The smallest absolute Gasteiger partial charge is 0.306 e. The second kappa shape index (κ2) is 37.7. The molecule has 0 saturated carbocycles. The third kappa shape index (κ3) is 35.2. The maximum atomic E-state index is 12.6. The van der Waals surface area contributed by atoms with Crippen molar-refractivity contribution in [3.63, 3.8) is 0 Å². The molecule has 0 spiro atoms. The zero-order chi connectivity index (χ0) is 35.2. The Morgan fingerprint density at radius 1 is 0.438 bits per heavy atom. The first-order chi connectivity index (χ1) is 23.5. The van der Waals surface area contributed by atoms with Crippen LogP contribution in [0.1, 0.15) is 207 Å². The van der Waals surface area contributed by atoms with E-state index in [9.17, 15) is 14.4 Å². The zero-order valence-electron chi connectivity index (χ0n) is 31.8. The molecule has 6 nitrogen and oxygen atoms in total. The van der Waals surface area contributed by atoms with E-state index in [2.05, 4.69) is 45.1 Å². The Kier molecular flexibility index (Phi) is 36.0. The zero-order valence-corrected chi connectivity index (χ0v) is 31.8. The molecule has 0 rings (SSSR count). The second-order valence-electron chi connectivity index (χ2n) is 13.5. The lowest BCUT2D eigenvalue weighted by atomic mass is 10.1. The van der Waals surface area contributed by atoms with Gasteiger partial charge in [-0.25, -0.2) is 0 Å². The number of esters is 3. The van der Waals surface area contributed by atoms with Crippen LogP contribution in [0, 0.1) is 0 Å². The van der Waals surface area contributed by atoms with Gasteiger partial charge in [-0.05, 0) is 44.9 Å². The van der Waals surface area contributed by atoms with E-state index in [1.54, 1.807) is 0 Å². The molecule has 0 saturated heterocycles. The van der Waals surface area contributed by atoms with Crippen LogP contribution in [0.2, 0.25) is 0 Å². The van der Waals surface area contributed by atoms with Gasteiger partial charge in [0.05, 0.1) is 0 Å². The van der Waals surface area contributed by atoms with Gasteiger partial charge in [-0.1, -0.05) is 167 Å². The number of unbranched alkanes of at least 4 members (excludes halogenated alkanes) is 21. The van der Waals surface area contributed by atoms with E-state index in [0.717, 1.165) is 70.6 Å². The molecule has 0 amide bonds. The van der Waals surface area contributed by atoms with E-state index >= 15 is 0 Å². The molecule has 0 aromatic heterocycles. The summed E-state index contributed by atoms with van der Waals surface area (Å²) in [6.45, 7) is 6.45. The summed E-state index contributed by atoms with van der Waals surface area (Å²) in [5, 5.41) is 0. The summed E-state index contributed by atoms with van der Waals surface area (Å²) in [5.74, 6) is -0.920. The topological polar surface area (TPSA) is 78.9 Å². The predicted octanol–water partition coefficient (Wildman–Crippen LogP) is 12.5. The molecule has 0 aliphatic heterocycles. The SMILES string of the molecule is CC/C=C\C/C=C\CCCCC(=O)OCC(COC(=O)CCCCCCCCCCCCC)OC(=O)CCCCCCCCCCCC. The van der Waals surface area contributed by atoms with Crippen molar-refractivity contribution in [1.82, 2.24) is 0 Å². The maximum Gasteiger partial charge on any atom is 0.306 e. The summed E-state index contributed by atoms with van der Waals surface area (Å²) in [6.07, 6.45) is 38.8. The highest BCUT2D eigenvalue weighted by molar-refractivity contribution is 5.71. The molecule has 0 aliphatic rings. The fourth-order valence-electron chi connectivity index (χ4n) is 5.65. The molecule has 0 fully saturated rings. The van der Waals surface area contributed by atoms with E-state index in [0.29, 0.717) is 19.3 Å². The van der Waals surface area contributed by atoms with Crippen LogP contribution in [-0.2, 0) is 28.6 Å². The Labute approximate surface area is 296 Å². The summed E-state index contributed by atoms with van der Waals surface area (Å²) in [7, 11) is 0. The molecule has 280 valence electrons. The third-order valence-corrected chi connectivity index (χ3v) is 8.72. The molecular formula is C42H76O6. The van der Waals surface area contributed by atoms with Crippen molar-refractivity contribution in [1.29, 1.82) is 0 Å². The van der Waals surface area contributed by atoms with E-state index in [1.807, 2.05) is 0 Å². The van der Waals surface area contributed by atoms with Gasteiger partial charge in [-0.15, -0.1) is 0 Å². The number of carbonyl (C=O) groups excluding carboxylic acids is 3. The number of rotatable bonds is 36. The van der Waals surface area contributed by atoms with Gasteiger partial charge in [0.1, 0.15) is 13.2 Å². The van der Waals surface area contributed by atoms with Crippen LogP contribution >= 0.6 is 0 Å². The normalized spacial score (nSPS) is 12.1. The fourth-order valence-corrected chi connectivity index (χ4v) is 5.65. The fraction of sp³-hybridized carbons (Fsp3) is 0.833. The highest BCUT2D eigenvalue weighted by atomic mass is 16.6. The van der Waals surface area contributed by atoms with Crippen LogP contribution in [0.5, 0.6) is 0 Å². The summed E-state index contributed by atoms with van der Waals surface area (Å²) < 4.78 is 16.6. The molecule has 0 bridgehead atoms. The molecule has 0 aromatic carbocycles. The highest BCUT2D eigenvalue weighted by Crippen LogP contribution is 2.14. The Morgan fingerprint density at radius 2 is 0.812 bits per heavy atom. The van der Waals surface area contributed by atoms with Crippen molar-refractivity contribution in [2.45, 2.75) is 213 Å². The van der Waals surface area contributed by atoms with Gasteiger partial charge in [0.25, 0.3) is 0 Å². The minimum absolute atomic E-state index is 0.0782. The Hall–Kier alpha value is -2.11. The highest BCUT2D eigenvalue weighted by Gasteiger charge is 2.19. The maximum absolute atomic E-state index is 12.6. The average molecular weight is 677 g/mol. The van der Waals surface area contributed by atoms with Crippen molar-refractivity contribution in [3.05, 3.63) is 24.3 Å². The predicted molar refractivity (Wildman–Crippen MR) is 201 cm³/mol. The summed E-state index contributed by atoms with van der Waals surface area (Å²) >= 11 is 0. The third-order valence-electron chi connectivity index (χ3n) is 8.72. The Bertz CT molecular complexity index is 789. The van der Waals surface area contributed by atoms with Crippen molar-refractivity contribution in [2.24, 2.45) is 0 Å². The van der Waals surface area contributed by atoms with Crippen LogP contribution in [0.4, 0.5) is 0 Å². The lowest BCUT2D eigenvalue weighted by molar-refractivity contribution is -0.167. The molecule has 0 N–H and O–H groups in total. The van der Waals surface area contributed by atoms with Gasteiger partial charge >= 0.3 is 17.9 Å². The first-order valence-electron chi connectivity index (χ1n) is 20.3. The lowest BCUT2D eigenvalue weighted by Gasteiger charge is -2.18. The summed E-state index contributed by atoms with van der Waals surface area (Å²) in [4.78, 5) is 37.4. The minimum Gasteiger partial charge on any atom is -0.462 e. The van der Waals surface area contributed by atoms with Gasteiger partial charge < -0.3 is 14.2 Å². The Balaban J connectivity index is 4.38. The van der Waals surface area contributed by atoms with Gasteiger partial charge in [-0.3, -0.25) is 14.4 Å². The van der Waals surface area contributed by atoms with Crippen LogP contribution in [0.3, 0.4) is 0 Å². The first kappa shape index (κ1) is 45.9. The molecule has 1 unspecified atom stereocenters. The molecule has 0 aromatic rings. The summed E-state index contributed by atoms with van der Waals surface area (Å²) in [6, 6.07) is 0. The van der Waals surface area contributed by atoms with E-state index in [1.165, 1.54) is 96.3 Å². The van der Waals surface area contributed by atoms with E-state index in [-0.39, 0.29) is 31.1 Å². The molecule has 48 heavy (non-hydrogen) atoms. The second-order valence-corrected chi connectivity index (χ2v) is 13.5. The monoisotopic (exact) mass is 677 g/mol. The van der Waals surface area contributed by atoms with Crippen molar-refractivity contribution >= 4 is 17.9 Å². The van der Waals surface area contributed by atoms with Gasteiger partial charge in [-0.2, -0.15) is 0 Å². The van der Waals surface area contributed by atoms with Crippen molar-refractivity contribution < 1.29 is 28.6 Å². The minimum atomic E-state index is -0.773. The van der Waals surface area contributed by atoms with Crippen LogP contribution in [-0.4, -0.2) is 37.2 Å². The lowest BCUT2D eigenvalue weighted by Crippen LogP contribution is -2.30. The van der Waals surface area contributed by atoms with Gasteiger partial charge in [0.2, 0.25) is 0 Å². The number of ether oxygens (including phenoxy) is 3. The van der Waals surface area contributed by atoms with Crippen LogP contribution in [0.15, 0.2) is 24.3 Å². The molecule has 1 atom stereocenters. The van der Waals surface area contributed by atoms with E-state index in [4.69, 9.17) is 14.2 Å². The van der Waals surface area contributed by atoms with E-state index < -0.39 is 6.10 Å². The number of carbonyl (C=O) groups is 3. The quantitative estimate of drug-likeness (QED) is 0.0284. The van der Waals surface area contributed by atoms with Crippen LogP contribution < -0.4 is 0 Å². The first-order valence-corrected chi connectivity index (χ1v) is 20.3. The van der Waals surface area contributed by atoms with Crippen molar-refractivity contribution in [3.8, 4) is 0 Å². The molecule has 0 heterocycles. The molecule has 6 heteroatoms. The number of allylic oxidation sites excluding steroid dienone is 4. The van der Waals surface area contributed by atoms with Crippen molar-refractivity contribution in [2.75, 3.05) is 13.2 Å². The largest absolute Gasteiger partial charge is 0.462 e. The van der Waals surface area contributed by atoms with Gasteiger partial charge in [0.15, 0.2) is 6.10 Å². The molecular weight excluding hydrogens is 600 g/mol. The average Bonchev–Trinajstić information content (AvgIpc) is 3.08. The van der Waals surface area contributed by atoms with Gasteiger partial charge in [0, 0.05) is 19.3 Å². The summed E-state index contributed by atoms with van der Waals surface area (Å²) in [5.41, 5.74) is 0.